The molecule has 0 radical (unpaired) electrons. The van der Waals surface area contributed by atoms with Crippen molar-refractivity contribution in [3.8, 4) is 0 Å². The van der Waals surface area contributed by atoms with Crippen molar-refractivity contribution in [2.75, 3.05) is 6.54 Å². The maximum atomic E-state index is 5.73. The Morgan fingerprint density at radius 2 is 2.07 bits per heavy atom. The van der Waals surface area contributed by atoms with Crippen molar-refractivity contribution >= 4 is 11.0 Å². The maximum Gasteiger partial charge on any atom is 0.0958 e. The first-order valence-electron chi connectivity index (χ1n) is 5.22. The number of nitrogens with two attached hydrogens (primary N) is 1. The predicted molar refractivity (Wildman–Crippen MR) is 62.6 cm³/mol. The number of aromatic nitrogens is 2. The summed E-state index contributed by atoms with van der Waals surface area (Å²) in [4.78, 5) is 4.36. The number of para-hydroxylation sites is 2. The quantitative estimate of drug-likeness (QED) is 0.829. The van der Waals surface area contributed by atoms with E-state index in [0.717, 1.165) is 12.1 Å². The zero-order valence-electron chi connectivity index (χ0n) is 9.27. The summed E-state index contributed by atoms with van der Waals surface area (Å²) in [6, 6.07) is 8.17. The van der Waals surface area contributed by atoms with E-state index in [1.54, 1.807) is 0 Å². The van der Waals surface area contributed by atoms with Crippen LogP contribution in [0.4, 0.5) is 0 Å². The van der Waals surface area contributed by atoms with E-state index in [0.29, 0.717) is 6.54 Å². The van der Waals surface area contributed by atoms with Crippen molar-refractivity contribution in [3.05, 3.63) is 30.6 Å². The minimum atomic E-state index is 0.115. The molecular weight excluding hydrogens is 186 g/mol. The topological polar surface area (TPSA) is 43.8 Å². The van der Waals surface area contributed by atoms with E-state index >= 15 is 0 Å². The molecule has 2 aromatic rings. The lowest BCUT2D eigenvalue weighted by atomic mass is 9.94. The van der Waals surface area contributed by atoms with Crippen LogP contribution in [0.15, 0.2) is 30.6 Å². The lowest BCUT2D eigenvalue weighted by Gasteiger charge is -2.23. The van der Waals surface area contributed by atoms with Crippen LogP contribution in [0, 0.1) is 5.41 Å². The maximum absolute atomic E-state index is 5.73. The molecule has 0 unspecified atom stereocenters. The molecular formula is C12H17N3. The summed E-state index contributed by atoms with van der Waals surface area (Å²) in [6.07, 6.45) is 1.89. The third kappa shape index (κ3) is 2.02. The first-order chi connectivity index (χ1) is 7.12. The first-order valence-corrected chi connectivity index (χ1v) is 5.22. The zero-order valence-corrected chi connectivity index (χ0v) is 9.27. The van der Waals surface area contributed by atoms with Crippen LogP contribution in [-0.4, -0.2) is 16.1 Å². The van der Waals surface area contributed by atoms with Crippen LogP contribution in [0.3, 0.4) is 0 Å². The Bertz CT molecular complexity index is 457. The lowest BCUT2D eigenvalue weighted by molar-refractivity contribution is 0.321. The zero-order chi connectivity index (χ0) is 10.9. The van der Waals surface area contributed by atoms with Gasteiger partial charge in [-0.1, -0.05) is 26.0 Å². The monoisotopic (exact) mass is 203 g/mol. The van der Waals surface area contributed by atoms with Crippen molar-refractivity contribution in [2.45, 2.75) is 20.4 Å². The van der Waals surface area contributed by atoms with Gasteiger partial charge in [-0.3, -0.25) is 0 Å². The molecule has 0 aliphatic rings. The van der Waals surface area contributed by atoms with Gasteiger partial charge in [0.25, 0.3) is 0 Å². The van der Waals surface area contributed by atoms with Gasteiger partial charge in [0.1, 0.15) is 0 Å². The number of hydrogen-bond acceptors (Lipinski definition) is 2. The standard InChI is InChI=1S/C12H17N3/c1-12(2,7-13)8-15-9-14-10-5-3-4-6-11(10)15/h3-6,9H,7-8,13H2,1-2H3. The fraction of sp³-hybridized carbons (Fsp3) is 0.417. The van der Waals surface area contributed by atoms with Crippen molar-refractivity contribution in [2.24, 2.45) is 11.1 Å². The van der Waals surface area contributed by atoms with Gasteiger partial charge >= 0.3 is 0 Å². The minimum Gasteiger partial charge on any atom is -0.330 e. The Kier molecular flexibility index (Phi) is 2.49. The van der Waals surface area contributed by atoms with Crippen LogP contribution in [0.25, 0.3) is 11.0 Å². The predicted octanol–water partition coefficient (Wildman–Crippen LogP) is 2.02. The minimum absolute atomic E-state index is 0.115. The largest absolute Gasteiger partial charge is 0.330 e. The molecule has 0 fully saturated rings. The molecule has 0 aliphatic heterocycles. The van der Waals surface area contributed by atoms with Gasteiger partial charge < -0.3 is 10.3 Å². The van der Waals surface area contributed by atoms with Gasteiger partial charge in [0.2, 0.25) is 0 Å². The molecule has 0 aliphatic carbocycles. The Hall–Kier alpha value is -1.35. The van der Waals surface area contributed by atoms with Crippen LogP contribution in [-0.2, 0) is 6.54 Å². The lowest BCUT2D eigenvalue weighted by Crippen LogP contribution is -2.28. The van der Waals surface area contributed by atoms with Gasteiger partial charge in [0.05, 0.1) is 17.4 Å². The van der Waals surface area contributed by atoms with Crippen LogP contribution in [0.2, 0.25) is 0 Å². The van der Waals surface area contributed by atoms with Crippen LogP contribution in [0.5, 0.6) is 0 Å². The molecule has 3 heteroatoms. The molecule has 2 N–H and O–H groups in total. The number of benzene rings is 1. The fourth-order valence-electron chi connectivity index (χ4n) is 1.66. The van der Waals surface area contributed by atoms with E-state index in [-0.39, 0.29) is 5.41 Å². The molecule has 0 atom stereocenters. The van der Waals surface area contributed by atoms with Gasteiger partial charge in [-0.25, -0.2) is 4.98 Å². The summed E-state index contributed by atoms with van der Waals surface area (Å²) in [5.74, 6) is 0. The highest BCUT2D eigenvalue weighted by Crippen LogP contribution is 2.20. The average molecular weight is 203 g/mol. The second-order valence-corrected chi connectivity index (χ2v) is 4.73. The van der Waals surface area contributed by atoms with Crippen molar-refractivity contribution in [1.29, 1.82) is 0 Å². The molecule has 0 saturated carbocycles. The number of nitrogens with zero attached hydrogens (tertiary/aromatic N) is 2. The van der Waals surface area contributed by atoms with E-state index < -0.39 is 0 Å². The van der Waals surface area contributed by atoms with Crippen LogP contribution in [0.1, 0.15) is 13.8 Å². The molecule has 80 valence electrons. The summed E-state index contributed by atoms with van der Waals surface area (Å²) < 4.78 is 2.17. The van der Waals surface area contributed by atoms with E-state index in [1.807, 2.05) is 24.5 Å². The van der Waals surface area contributed by atoms with Gasteiger partial charge in [0.15, 0.2) is 0 Å². The molecule has 0 bridgehead atoms. The van der Waals surface area contributed by atoms with Crippen LogP contribution >= 0.6 is 0 Å². The summed E-state index contributed by atoms with van der Waals surface area (Å²) in [6.45, 7) is 5.92. The normalized spacial score (nSPS) is 12.2. The second-order valence-electron chi connectivity index (χ2n) is 4.73. The van der Waals surface area contributed by atoms with E-state index in [9.17, 15) is 0 Å². The highest BCUT2D eigenvalue weighted by atomic mass is 15.0. The van der Waals surface area contributed by atoms with Gasteiger partial charge in [-0.2, -0.15) is 0 Å². The number of imidazole rings is 1. The Morgan fingerprint density at radius 1 is 1.33 bits per heavy atom. The molecule has 1 aromatic heterocycles. The Balaban J connectivity index is 2.37. The fourth-order valence-corrected chi connectivity index (χ4v) is 1.66. The molecule has 0 amide bonds. The number of fused-ring (bicyclic) bond motifs is 1. The van der Waals surface area contributed by atoms with Gasteiger partial charge in [-0.05, 0) is 24.1 Å². The summed E-state index contributed by atoms with van der Waals surface area (Å²) in [7, 11) is 0. The third-order valence-corrected chi connectivity index (χ3v) is 2.68. The second kappa shape index (κ2) is 3.66. The number of hydrogen-bond donors (Lipinski definition) is 1. The molecule has 15 heavy (non-hydrogen) atoms. The smallest absolute Gasteiger partial charge is 0.0958 e. The van der Waals surface area contributed by atoms with E-state index in [4.69, 9.17) is 5.73 Å². The van der Waals surface area contributed by atoms with Gasteiger partial charge in [0, 0.05) is 6.54 Å². The van der Waals surface area contributed by atoms with Crippen LogP contribution < -0.4 is 5.73 Å². The molecule has 2 rings (SSSR count). The Morgan fingerprint density at radius 3 is 2.80 bits per heavy atom. The summed E-state index contributed by atoms with van der Waals surface area (Å²) >= 11 is 0. The van der Waals surface area contributed by atoms with E-state index in [2.05, 4.69) is 29.5 Å². The van der Waals surface area contributed by atoms with Gasteiger partial charge in [-0.15, -0.1) is 0 Å². The molecule has 0 spiro atoms. The SMILES string of the molecule is CC(C)(CN)Cn1cnc2ccccc21. The molecule has 0 saturated heterocycles. The molecule has 1 aromatic carbocycles. The highest BCUT2D eigenvalue weighted by Gasteiger charge is 2.17. The van der Waals surface area contributed by atoms with Crippen molar-refractivity contribution < 1.29 is 0 Å². The third-order valence-electron chi connectivity index (χ3n) is 2.68. The Labute approximate surface area is 89.9 Å². The average Bonchev–Trinajstić information content (AvgIpc) is 2.62. The van der Waals surface area contributed by atoms with Crippen molar-refractivity contribution in [1.82, 2.24) is 9.55 Å². The summed E-state index contributed by atoms with van der Waals surface area (Å²) in [5, 5.41) is 0. The first kappa shape index (κ1) is 10.2. The van der Waals surface area contributed by atoms with Crippen molar-refractivity contribution in [3.63, 3.8) is 0 Å². The van der Waals surface area contributed by atoms with E-state index in [1.165, 1.54) is 5.52 Å². The molecule has 1 heterocycles. The summed E-state index contributed by atoms with van der Waals surface area (Å²) in [5.41, 5.74) is 8.07. The molecule has 3 nitrogen and oxygen atoms in total. The highest BCUT2D eigenvalue weighted by molar-refractivity contribution is 5.74. The number of rotatable bonds is 3.